The van der Waals surface area contributed by atoms with Crippen LogP contribution in [0, 0.1) is 11.7 Å². The number of H-pyrrole nitrogens is 1. The van der Waals surface area contributed by atoms with Gasteiger partial charge in [0.05, 0.1) is 0 Å². The highest BCUT2D eigenvalue weighted by molar-refractivity contribution is 7.71. The summed E-state index contributed by atoms with van der Waals surface area (Å²) in [4.78, 5) is 17.1. The molecular formula is C24H28ClN5O2S. The molecule has 0 aliphatic carbocycles. The second-order valence-corrected chi connectivity index (χ2v) is 8.97. The summed E-state index contributed by atoms with van der Waals surface area (Å²) in [6.45, 7) is 7.12. The van der Waals surface area contributed by atoms with Crippen LogP contribution in [0.15, 0.2) is 48.5 Å². The molecule has 2 heterocycles. The van der Waals surface area contributed by atoms with Crippen LogP contribution in [-0.4, -0.2) is 69.8 Å². The molecule has 1 aliphatic rings. The van der Waals surface area contributed by atoms with Crippen LogP contribution in [0.5, 0.6) is 5.75 Å². The van der Waals surface area contributed by atoms with Crippen molar-refractivity contribution in [3.05, 3.63) is 63.9 Å². The van der Waals surface area contributed by atoms with E-state index in [1.54, 1.807) is 0 Å². The summed E-state index contributed by atoms with van der Waals surface area (Å²) in [7, 11) is 0. The number of nitrogens with zero attached hydrogens (tertiary/aromatic N) is 4. The summed E-state index contributed by atoms with van der Waals surface area (Å²) >= 11 is 11.3. The maximum Gasteiger partial charge on any atom is 0.224 e. The van der Waals surface area contributed by atoms with Crippen LogP contribution in [0.1, 0.15) is 12.0 Å². The number of hydrogen-bond acceptors (Lipinski definition) is 5. The highest BCUT2D eigenvalue weighted by Gasteiger charge is 2.21. The lowest BCUT2D eigenvalue weighted by molar-refractivity contribution is -0.133. The van der Waals surface area contributed by atoms with Crippen LogP contribution < -0.4 is 4.74 Å². The predicted molar refractivity (Wildman–Crippen MR) is 132 cm³/mol. The molecule has 0 radical (unpaired) electrons. The quantitative estimate of drug-likeness (QED) is 0.485. The number of aryl methyl sites for hydroxylation is 1. The third kappa shape index (κ3) is 6.22. The summed E-state index contributed by atoms with van der Waals surface area (Å²) in [6, 6.07) is 15.5. The second kappa shape index (κ2) is 11.0. The highest BCUT2D eigenvalue weighted by atomic mass is 35.5. The van der Waals surface area contributed by atoms with E-state index in [1.165, 1.54) is 5.56 Å². The number of piperazine rings is 1. The molecule has 1 amide bonds. The fraction of sp³-hybridized carbons (Fsp3) is 0.375. The largest absolute Gasteiger partial charge is 0.492 e. The van der Waals surface area contributed by atoms with Crippen molar-refractivity contribution in [2.75, 3.05) is 39.3 Å². The first-order chi connectivity index (χ1) is 16.0. The van der Waals surface area contributed by atoms with Gasteiger partial charge in [-0.05, 0) is 43.4 Å². The van der Waals surface area contributed by atoms with Gasteiger partial charge in [-0.2, -0.15) is 5.10 Å². The Morgan fingerprint density at radius 1 is 1.06 bits per heavy atom. The van der Waals surface area contributed by atoms with Crippen LogP contribution in [0.25, 0.3) is 11.4 Å². The van der Waals surface area contributed by atoms with Gasteiger partial charge in [-0.15, -0.1) is 0 Å². The van der Waals surface area contributed by atoms with Gasteiger partial charge in [0.1, 0.15) is 12.4 Å². The lowest BCUT2D eigenvalue weighted by Gasteiger charge is -2.34. The molecule has 2 aromatic carbocycles. The molecule has 4 rings (SSSR count). The highest BCUT2D eigenvalue weighted by Crippen LogP contribution is 2.19. The smallest absolute Gasteiger partial charge is 0.224 e. The van der Waals surface area contributed by atoms with Gasteiger partial charge < -0.3 is 9.64 Å². The molecule has 9 heteroatoms. The summed E-state index contributed by atoms with van der Waals surface area (Å²) in [6.07, 6.45) is 0.395. The average molecular weight is 486 g/mol. The molecule has 0 atom stereocenters. The van der Waals surface area contributed by atoms with Crippen molar-refractivity contribution in [1.29, 1.82) is 0 Å². The Hall–Kier alpha value is -2.68. The molecule has 33 heavy (non-hydrogen) atoms. The van der Waals surface area contributed by atoms with E-state index in [1.807, 2.05) is 64.9 Å². The number of aromatic nitrogens is 3. The summed E-state index contributed by atoms with van der Waals surface area (Å²) in [5.74, 6) is 1.72. The molecule has 0 spiro atoms. The van der Waals surface area contributed by atoms with Gasteiger partial charge in [0.25, 0.3) is 0 Å². The maximum absolute atomic E-state index is 12.8. The topological polar surface area (TPSA) is 66.4 Å². The maximum atomic E-state index is 12.8. The number of halogens is 1. The lowest BCUT2D eigenvalue weighted by atomic mass is 10.1. The van der Waals surface area contributed by atoms with Gasteiger partial charge in [0.2, 0.25) is 5.91 Å². The van der Waals surface area contributed by atoms with Crippen molar-refractivity contribution in [2.45, 2.75) is 19.9 Å². The van der Waals surface area contributed by atoms with E-state index in [0.717, 1.165) is 49.9 Å². The number of amides is 1. The number of benzene rings is 2. The van der Waals surface area contributed by atoms with E-state index < -0.39 is 0 Å². The number of aromatic amines is 1. The Morgan fingerprint density at radius 3 is 2.45 bits per heavy atom. The Bertz CT molecular complexity index is 1120. The zero-order chi connectivity index (χ0) is 23.2. The zero-order valence-electron chi connectivity index (χ0n) is 18.7. The predicted octanol–water partition coefficient (Wildman–Crippen LogP) is 4.18. The first-order valence-electron chi connectivity index (χ1n) is 11.1. The minimum atomic E-state index is 0.144. The first-order valence-corrected chi connectivity index (χ1v) is 11.9. The van der Waals surface area contributed by atoms with Crippen LogP contribution in [0.2, 0.25) is 5.02 Å². The van der Waals surface area contributed by atoms with E-state index in [9.17, 15) is 4.79 Å². The van der Waals surface area contributed by atoms with E-state index >= 15 is 0 Å². The van der Waals surface area contributed by atoms with Gasteiger partial charge in [0, 0.05) is 56.3 Å². The van der Waals surface area contributed by atoms with Crippen LogP contribution in [-0.2, 0) is 11.3 Å². The second-order valence-electron chi connectivity index (χ2n) is 8.14. The van der Waals surface area contributed by atoms with Crippen molar-refractivity contribution >= 4 is 29.7 Å². The minimum absolute atomic E-state index is 0.144. The molecule has 1 N–H and O–H groups in total. The third-order valence-electron chi connectivity index (χ3n) is 5.83. The van der Waals surface area contributed by atoms with Gasteiger partial charge in [0.15, 0.2) is 10.6 Å². The Balaban J connectivity index is 1.23. The van der Waals surface area contributed by atoms with E-state index in [-0.39, 0.29) is 5.91 Å². The fourth-order valence-corrected chi connectivity index (χ4v) is 4.21. The Morgan fingerprint density at radius 2 is 1.76 bits per heavy atom. The number of ether oxygens (including phenoxy) is 1. The SMILES string of the molecule is Cc1ccc(-c2n[nH]c(=S)n2CCC(=O)N2CCN(CCOc3ccc(Cl)cc3)CC2)cc1. The Kier molecular flexibility index (Phi) is 7.80. The number of hydrogen-bond donors (Lipinski definition) is 1. The van der Waals surface area contributed by atoms with Crippen LogP contribution in [0.4, 0.5) is 0 Å². The van der Waals surface area contributed by atoms with E-state index in [2.05, 4.69) is 15.1 Å². The zero-order valence-corrected chi connectivity index (χ0v) is 20.2. The molecule has 0 unspecified atom stereocenters. The molecule has 0 saturated carbocycles. The van der Waals surface area contributed by atoms with Crippen LogP contribution in [0.3, 0.4) is 0 Å². The molecule has 3 aromatic rings. The molecule has 1 aliphatic heterocycles. The van der Waals surface area contributed by atoms with Gasteiger partial charge in [-0.1, -0.05) is 41.4 Å². The average Bonchev–Trinajstić information content (AvgIpc) is 3.20. The number of rotatable bonds is 8. The molecule has 1 fully saturated rings. The minimum Gasteiger partial charge on any atom is -0.492 e. The van der Waals surface area contributed by atoms with Crippen molar-refractivity contribution in [3.8, 4) is 17.1 Å². The molecule has 0 bridgehead atoms. The molecule has 1 saturated heterocycles. The summed E-state index contributed by atoms with van der Waals surface area (Å²) < 4.78 is 8.22. The number of nitrogens with one attached hydrogen (secondary N) is 1. The normalized spacial score (nSPS) is 14.4. The molecule has 7 nitrogen and oxygen atoms in total. The number of carbonyl (C=O) groups excluding carboxylic acids is 1. The fourth-order valence-electron chi connectivity index (χ4n) is 3.86. The molecule has 174 valence electrons. The van der Waals surface area contributed by atoms with Crippen molar-refractivity contribution in [3.63, 3.8) is 0 Å². The molecular weight excluding hydrogens is 458 g/mol. The van der Waals surface area contributed by atoms with Gasteiger partial charge >= 0.3 is 0 Å². The lowest BCUT2D eigenvalue weighted by Crippen LogP contribution is -2.49. The van der Waals surface area contributed by atoms with Gasteiger partial charge in [-0.3, -0.25) is 19.4 Å². The van der Waals surface area contributed by atoms with E-state index in [4.69, 9.17) is 28.6 Å². The monoisotopic (exact) mass is 485 g/mol. The van der Waals surface area contributed by atoms with Crippen LogP contribution >= 0.6 is 23.8 Å². The molecule has 1 aromatic heterocycles. The van der Waals surface area contributed by atoms with Crippen molar-refractivity contribution in [2.24, 2.45) is 0 Å². The number of carbonyl (C=O) groups is 1. The standard InChI is InChI=1S/C24H28ClN5O2S/c1-18-2-4-19(5-3-18)23-26-27-24(33)30(23)11-10-22(31)29-14-12-28(13-15-29)16-17-32-21-8-6-20(25)7-9-21/h2-9H,10-17H2,1H3,(H,27,33). The Labute approximate surface area is 203 Å². The summed E-state index contributed by atoms with van der Waals surface area (Å²) in [5.41, 5.74) is 2.17. The first kappa shape index (κ1) is 23.5. The van der Waals surface area contributed by atoms with Crippen molar-refractivity contribution < 1.29 is 9.53 Å². The third-order valence-corrected chi connectivity index (χ3v) is 6.40. The van der Waals surface area contributed by atoms with Gasteiger partial charge in [-0.25, -0.2) is 0 Å². The van der Waals surface area contributed by atoms with Crippen molar-refractivity contribution in [1.82, 2.24) is 24.6 Å². The van der Waals surface area contributed by atoms with E-state index in [0.29, 0.717) is 29.4 Å². The summed E-state index contributed by atoms with van der Waals surface area (Å²) in [5, 5.41) is 7.92.